The second kappa shape index (κ2) is 44.3. The normalized spacial score (nSPS) is 15.4. The first kappa shape index (κ1) is 86.5. The average Bonchev–Trinajstić information content (AvgIpc) is 0.894. The van der Waals surface area contributed by atoms with Gasteiger partial charge < -0.3 is 108 Å². The molecular weight excluding hydrogens is 1260 g/mol. The lowest BCUT2D eigenvalue weighted by Crippen LogP contribution is -2.60. The molecule has 0 radical (unpaired) electrons. The van der Waals surface area contributed by atoms with E-state index in [9.17, 15) is 82.1 Å². The maximum atomic E-state index is 14.5. The predicted molar refractivity (Wildman–Crippen MR) is 351 cm³/mol. The highest BCUT2D eigenvalue weighted by Gasteiger charge is 2.37. The molecule has 0 heterocycles. The van der Waals surface area contributed by atoms with Crippen molar-refractivity contribution in [2.24, 2.45) is 68.1 Å². The van der Waals surface area contributed by atoms with Crippen molar-refractivity contribution in [3.8, 4) is 0 Å². The van der Waals surface area contributed by atoms with Gasteiger partial charge in [-0.25, -0.2) is 4.79 Å². The largest absolute Gasteiger partial charge is 0.481 e. The van der Waals surface area contributed by atoms with Gasteiger partial charge in [-0.3, -0.25) is 77.1 Å². The molecule has 0 saturated heterocycles. The molecule has 0 aliphatic heterocycles. The number of guanidine groups is 2. The van der Waals surface area contributed by atoms with E-state index in [1.165, 1.54) is 27.7 Å². The summed E-state index contributed by atoms with van der Waals surface area (Å²) in [6.45, 7) is 17.9. The fraction of sp³-hybridized carbons (Fsp3) is 0.712. The highest BCUT2D eigenvalue weighted by atomic mass is 16.4. The van der Waals surface area contributed by atoms with Crippen molar-refractivity contribution >= 4 is 101 Å². The van der Waals surface area contributed by atoms with Crippen molar-refractivity contribution < 1.29 is 82.1 Å². The molecule has 0 rings (SSSR count). The quantitative estimate of drug-likeness (QED) is 0.0153. The van der Waals surface area contributed by atoms with Gasteiger partial charge in [-0.05, 0) is 96.3 Å². The summed E-state index contributed by atoms with van der Waals surface area (Å²) in [5, 5.41) is 48.6. The molecule has 0 unspecified atom stereocenters. The fourth-order valence-electron chi connectivity index (χ4n) is 8.91. The van der Waals surface area contributed by atoms with Gasteiger partial charge in [0.2, 0.25) is 76.8 Å². The smallest absolute Gasteiger partial charge is 0.326 e. The van der Waals surface area contributed by atoms with E-state index in [0.29, 0.717) is 6.42 Å². The number of rotatable bonds is 46. The molecule has 0 bridgehead atoms. The van der Waals surface area contributed by atoms with Crippen LogP contribution in [0.5, 0.6) is 0 Å². The van der Waals surface area contributed by atoms with E-state index < -0.39 is 187 Å². The summed E-state index contributed by atoms with van der Waals surface area (Å²) in [5.74, 6) is -16.7. The Morgan fingerprint density at radius 1 is 0.396 bits per heavy atom. The zero-order valence-corrected chi connectivity index (χ0v) is 57.0. The van der Waals surface area contributed by atoms with Crippen LogP contribution in [0.1, 0.15) is 154 Å². The van der Waals surface area contributed by atoms with Crippen molar-refractivity contribution in [1.82, 2.24) is 63.8 Å². The molecule has 0 aliphatic rings. The summed E-state index contributed by atoms with van der Waals surface area (Å²) in [6.07, 6.45) is -1.26. The Morgan fingerprint density at radius 2 is 0.750 bits per heavy atom. The Labute approximate surface area is 558 Å². The standard InChI is InChI=1S/C59H106N20O17/c1-13-29(7)44(55(93)68-26-42(81)72-39(25-43(82)83)53(91)70-33(11)49(87)77-40(57(95)96)24-28(5)6)79-52(90)36(18-16-22-67-59(64)65)74-51(89)35(17-15-21-66-58(62)63)75-54(92)38(23-27(3)4)76-48(86)32(10)69-50(88)37(19-20-41(61)80)73-47(85)34(12)71-56(94)45(30(8)14-2)78-46(84)31(9)60/h27-40,44-45H,13-26,60H2,1-12H3,(H2,61,80)(H,68,93)(H,69,88)(H,70,91)(H,71,94)(H,72,81)(H,73,85)(H,74,89)(H,75,92)(H,76,86)(H,77,87)(H,78,84)(H,79,90)(H,82,83)(H,95,96)(H4,62,63,66)(H4,64,65,67)/t29-,30-,31-,32-,33-,34-,35-,36-,37-,38-,39-,40-,44-,45-/m0/s1. The third-order valence-corrected chi connectivity index (χ3v) is 14.8. The van der Waals surface area contributed by atoms with Gasteiger partial charge in [-0.2, -0.15) is 0 Å². The molecule has 544 valence electrons. The van der Waals surface area contributed by atoms with Crippen molar-refractivity contribution in [2.75, 3.05) is 19.6 Å². The predicted octanol–water partition coefficient (Wildman–Crippen LogP) is -6.04. The van der Waals surface area contributed by atoms with Crippen LogP contribution in [-0.2, 0) is 71.9 Å². The van der Waals surface area contributed by atoms with Crippen molar-refractivity contribution in [3.63, 3.8) is 0 Å². The molecule has 0 aliphatic carbocycles. The third kappa shape index (κ3) is 34.6. The van der Waals surface area contributed by atoms with Crippen LogP contribution >= 0.6 is 0 Å². The number of carbonyl (C=O) groups is 15. The summed E-state index contributed by atoms with van der Waals surface area (Å²) in [4.78, 5) is 207. The number of aliphatic imine (C=N–C) groups is 2. The lowest BCUT2D eigenvalue weighted by Gasteiger charge is -2.29. The van der Waals surface area contributed by atoms with Gasteiger partial charge in [0.15, 0.2) is 11.9 Å². The summed E-state index contributed by atoms with van der Waals surface area (Å²) in [6, 6.07) is -16.6. The maximum absolute atomic E-state index is 14.5. The van der Waals surface area contributed by atoms with Crippen LogP contribution in [0.2, 0.25) is 0 Å². The minimum absolute atomic E-state index is 0.0422. The van der Waals surface area contributed by atoms with Gasteiger partial charge in [-0.1, -0.05) is 68.2 Å². The first-order valence-corrected chi connectivity index (χ1v) is 31.9. The number of carboxylic acid groups (broad SMARTS) is 2. The van der Waals surface area contributed by atoms with Crippen LogP contribution in [0.3, 0.4) is 0 Å². The topological polar surface area (TPSA) is 622 Å². The molecule has 0 fully saturated rings. The minimum Gasteiger partial charge on any atom is -0.481 e. The van der Waals surface area contributed by atoms with Crippen molar-refractivity contribution in [1.29, 1.82) is 0 Å². The molecule has 0 aromatic heterocycles. The van der Waals surface area contributed by atoms with Gasteiger partial charge >= 0.3 is 11.9 Å². The van der Waals surface area contributed by atoms with Gasteiger partial charge in [0.1, 0.15) is 66.5 Å². The van der Waals surface area contributed by atoms with Crippen LogP contribution in [0.25, 0.3) is 0 Å². The molecule has 0 saturated carbocycles. The van der Waals surface area contributed by atoms with Gasteiger partial charge in [0.05, 0.1) is 19.0 Å². The molecular formula is C59H106N20O17. The van der Waals surface area contributed by atoms with E-state index in [0.717, 1.165) is 0 Å². The first-order chi connectivity index (χ1) is 44.6. The number of carbonyl (C=O) groups excluding carboxylic acids is 13. The molecule has 0 aromatic carbocycles. The van der Waals surface area contributed by atoms with Gasteiger partial charge in [-0.15, -0.1) is 0 Å². The SMILES string of the molecule is CC[C@H](C)[C@H](NC(=O)[C@H](C)N)C(=O)N[C@@H](C)C(=O)N[C@@H](CCC(N)=O)C(=O)N[C@@H](C)C(=O)N[C@@H](CC(C)C)C(=O)N[C@@H](CCCN=C(N)N)C(=O)N[C@@H](CCCN=C(N)N)C(=O)N[C@H](C(=O)NCC(=O)N[C@@H](CC(=O)O)C(=O)N[C@@H](C)C(=O)N[C@@H](CC(C)C)C(=O)O)[C@@H](C)CC. The lowest BCUT2D eigenvalue weighted by atomic mass is 9.97. The van der Waals surface area contributed by atoms with Crippen molar-refractivity contribution in [2.45, 2.75) is 226 Å². The van der Waals surface area contributed by atoms with Crippen LogP contribution < -0.4 is 98.2 Å². The number of hydrogen-bond donors (Lipinski definition) is 20. The van der Waals surface area contributed by atoms with E-state index in [1.54, 1.807) is 55.4 Å². The Balaban J connectivity index is 6.81. The van der Waals surface area contributed by atoms with Gasteiger partial charge in [0.25, 0.3) is 0 Å². The number of hydrogen-bond acceptors (Lipinski definition) is 18. The Kier molecular flexibility index (Phi) is 39.9. The number of nitrogens with one attached hydrogen (secondary N) is 12. The zero-order valence-electron chi connectivity index (χ0n) is 57.0. The van der Waals surface area contributed by atoms with E-state index in [1.807, 2.05) is 0 Å². The second-order valence-electron chi connectivity index (χ2n) is 24.5. The average molecular weight is 1370 g/mol. The van der Waals surface area contributed by atoms with E-state index >= 15 is 0 Å². The molecule has 0 aromatic rings. The fourth-order valence-corrected chi connectivity index (χ4v) is 8.91. The van der Waals surface area contributed by atoms with E-state index in [2.05, 4.69) is 73.8 Å². The number of carboxylic acids is 2. The number of amides is 13. The third-order valence-electron chi connectivity index (χ3n) is 14.8. The number of nitrogens with zero attached hydrogens (tertiary/aromatic N) is 2. The van der Waals surface area contributed by atoms with E-state index in [-0.39, 0.29) is 94.1 Å². The summed E-state index contributed by atoms with van der Waals surface area (Å²) < 4.78 is 0. The van der Waals surface area contributed by atoms with Crippen LogP contribution in [-0.4, -0.2) is 203 Å². The van der Waals surface area contributed by atoms with Crippen LogP contribution in [0.15, 0.2) is 9.98 Å². The van der Waals surface area contributed by atoms with E-state index in [4.69, 9.17) is 34.4 Å². The molecule has 37 nitrogen and oxygen atoms in total. The Bertz CT molecular complexity index is 2740. The molecule has 0 spiro atoms. The number of aliphatic carboxylic acids is 2. The Morgan fingerprint density at radius 3 is 1.16 bits per heavy atom. The number of primary amides is 1. The van der Waals surface area contributed by atoms with Crippen molar-refractivity contribution in [3.05, 3.63) is 0 Å². The maximum Gasteiger partial charge on any atom is 0.326 e. The lowest BCUT2D eigenvalue weighted by molar-refractivity contribution is -0.143. The van der Waals surface area contributed by atoms with Crippen LogP contribution in [0, 0.1) is 23.7 Å². The molecule has 13 amide bonds. The minimum atomic E-state index is -1.80. The summed E-state index contributed by atoms with van der Waals surface area (Å²) >= 11 is 0. The first-order valence-electron chi connectivity index (χ1n) is 31.9. The summed E-state index contributed by atoms with van der Waals surface area (Å²) in [7, 11) is 0. The molecule has 14 atom stereocenters. The molecule has 96 heavy (non-hydrogen) atoms. The highest BCUT2D eigenvalue weighted by Crippen LogP contribution is 2.14. The second-order valence-corrected chi connectivity index (χ2v) is 24.5. The number of nitrogens with two attached hydrogens (primary N) is 6. The van der Waals surface area contributed by atoms with Gasteiger partial charge in [0, 0.05) is 19.5 Å². The molecule has 37 heteroatoms. The Hall–Kier alpha value is -9.45. The zero-order chi connectivity index (χ0) is 73.9. The summed E-state index contributed by atoms with van der Waals surface area (Å²) in [5.41, 5.74) is 33.2. The van der Waals surface area contributed by atoms with Crippen LogP contribution in [0.4, 0.5) is 0 Å². The molecule has 26 N–H and O–H groups in total. The monoisotopic (exact) mass is 1370 g/mol. The highest BCUT2D eigenvalue weighted by molar-refractivity contribution is 6.00.